The summed E-state index contributed by atoms with van der Waals surface area (Å²) in [7, 11) is 0. The number of hydrogen-bond donors (Lipinski definition) is 2. The summed E-state index contributed by atoms with van der Waals surface area (Å²) in [4.78, 5) is 16.6. The van der Waals surface area contributed by atoms with Gasteiger partial charge in [-0.15, -0.1) is 0 Å². The molecule has 2 heterocycles. The van der Waals surface area contributed by atoms with Crippen LogP contribution in [0.25, 0.3) is 0 Å². The van der Waals surface area contributed by atoms with E-state index < -0.39 is 0 Å². The van der Waals surface area contributed by atoms with Crippen molar-refractivity contribution in [3.8, 4) is 0 Å². The maximum Gasteiger partial charge on any atom is 0.273 e. The Morgan fingerprint density at radius 1 is 1.50 bits per heavy atom. The van der Waals surface area contributed by atoms with E-state index in [9.17, 15) is 4.79 Å². The van der Waals surface area contributed by atoms with Gasteiger partial charge in [-0.2, -0.15) is 0 Å². The first-order valence-corrected chi connectivity index (χ1v) is 6.86. The molecule has 0 radical (unpaired) electrons. The molecule has 5 nitrogen and oxygen atoms in total. The SMILES string of the molecule is C[C@@H]1Cn2c(C(=O)Nc3ccccc3Cl)cnc2CN1. The van der Waals surface area contributed by atoms with Crippen LogP contribution in [0.1, 0.15) is 23.2 Å². The molecule has 1 aromatic heterocycles. The molecule has 1 amide bonds. The number of para-hydroxylation sites is 1. The number of anilines is 1. The van der Waals surface area contributed by atoms with Crippen LogP contribution >= 0.6 is 11.6 Å². The number of nitrogens with zero attached hydrogens (tertiary/aromatic N) is 2. The molecule has 3 rings (SSSR count). The van der Waals surface area contributed by atoms with Crippen LogP contribution in [-0.4, -0.2) is 21.5 Å². The summed E-state index contributed by atoms with van der Waals surface area (Å²) in [5.74, 6) is 0.693. The van der Waals surface area contributed by atoms with Gasteiger partial charge in [-0.1, -0.05) is 23.7 Å². The Bertz CT molecular complexity index is 652. The maximum atomic E-state index is 12.4. The number of nitrogens with one attached hydrogen (secondary N) is 2. The second kappa shape index (κ2) is 5.26. The van der Waals surface area contributed by atoms with Crippen molar-refractivity contribution in [3.63, 3.8) is 0 Å². The Hall–Kier alpha value is -1.85. The lowest BCUT2D eigenvalue weighted by atomic mass is 10.2. The van der Waals surface area contributed by atoms with E-state index in [1.807, 2.05) is 16.7 Å². The maximum absolute atomic E-state index is 12.4. The Kier molecular flexibility index (Phi) is 3.46. The van der Waals surface area contributed by atoms with Gasteiger partial charge in [-0.25, -0.2) is 4.98 Å². The van der Waals surface area contributed by atoms with Gasteiger partial charge in [0.25, 0.3) is 5.91 Å². The van der Waals surface area contributed by atoms with Gasteiger partial charge in [-0.3, -0.25) is 4.79 Å². The van der Waals surface area contributed by atoms with Crippen LogP contribution in [0.2, 0.25) is 5.02 Å². The van der Waals surface area contributed by atoms with Crippen LogP contribution in [0.5, 0.6) is 0 Å². The molecule has 1 aliphatic heterocycles. The third-order valence-electron chi connectivity index (χ3n) is 3.36. The molecule has 0 saturated heterocycles. The van der Waals surface area contributed by atoms with Crippen molar-refractivity contribution in [1.82, 2.24) is 14.9 Å². The van der Waals surface area contributed by atoms with E-state index in [-0.39, 0.29) is 5.91 Å². The molecule has 0 aliphatic carbocycles. The Morgan fingerprint density at radius 2 is 2.30 bits per heavy atom. The van der Waals surface area contributed by atoms with Gasteiger partial charge in [0.2, 0.25) is 0 Å². The first-order valence-electron chi connectivity index (χ1n) is 6.49. The number of fused-ring (bicyclic) bond motifs is 1. The number of aromatic nitrogens is 2. The number of amides is 1. The molecule has 2 N–H and O–H groups in total. The zero-order valence-electron chi connectivity index (χ0n) is 11.1. The lowest BCUT2D eigenvalue weighted by Crippen LogP contribution is -2.38. The number of benzene rings is 1. The molecule has 0 fully saturated rings. The quantitative estimate of drug-likeness (QED) is 0.892. The number of imidazole rings is 1. The summed E-state index contributed by atoms with van der Waals surface area (Å²) in [6.07, 6.45) is 1.61. The second-order valence-corrected chi connectivity index (χ2v) is 5.29. The highest BCUT2D eigenvalue weighted by Crippen LogP contribution is 2.21. The fourth-order valence-corrected chi connectivity index (χ4v) is 2.48. The molecule has 2 aromatic rings. The van der Waals surface area contributed by atoms with E-state index >= 15 is 0 Å². The average Bonchev–Trinajstić information content (AvgIpc) is 2.84. The minimum Gasteiger partial charge on any atom is -0.321 e. The van der Waals surface area contributed by atoms with E-state index in [4.69, 9.17) is 11.6 Å². The van der Waals surface area contributed by atoms with Crippen molar-refractivity contribution >= 4 is 23.2 Å². The molecule has 1 aliphatic rings. The van der Waals surface area contributed by atoms with Gasteiger partial charge in [0.15, 0.2) is 0 Å². The molecule has 6 heteroatoms. The van der Waals surface area contributed by atoms with E-state index in [1.165, 1.54) is 0 Å². The Balaban J connectivity index is 1.85. The number of halogens is 1. The van der Waals surface area contributed by atoms with Crippen molar-refractivity contribution in [2.45, 2.75) is 26.1 Å². The summed E-state index contributed by atoms with van der Waals surface area (Å²) >= 11 is 6.05. The second-order valence-electron chi connectivity index (χ2n) is 4.89. The van der Waals surface area contributed by atoms with Gasteiger partial charge in [0, 0.05) is 12.6 Å². The highest BCUT2D eigenvalue weighted by atomic mass is 35.5. The van der Waals surface area contributed by atoms with Crippen molar-refractivity contribution < 1.29 is 4.79 Å². The van der Waals surface area contributed by atoms with Crippen molar-refractivity contribution in [3.05, 3.63) is 47.0 Å². The van der Waals surface area contributed by atoms with Crippen LogP contribution in [-0.2, 0) is 13.1 Å². The monoisotopic (exact) mass is 290 g/mol. The summed E-state index contributed by atoms with van der Waals surface area (Å²) in [5, 5.41) is 6.66. The molecule has 20 heavy (non-hydrogen) atoms. The molecule has 1 aromatic carbocycles. The fraction of sp³-hybridized carbons (Fsp3) is 0.286. The molecular formula is C14H15ClN4O. The first-order chi connectivity index (χ1) is 9.65. The third-order valence-corrected chi connectivity index (χ3v) is 3.69. The van der Waals surface area contributed by atoms with E-state index in [1.54, 1.807) is 18.3 Å². The van der Waals surface area contributed by atoms with Crippen LogP contribution in [0.4, 0.5) is 5.69 Å². The van der Waals surface area contributed by atoms with Crippen LogP contribution < -0.4 is 10.6 Å². The van der Waals surface area contributed by atoms with Gasteiger partial charge < -0.3 is 15.2 Å². The first kappa shape index (κ1) is 13.1. The van der Waals surface area contributed by atoms with Crippen molar-refractivity contribution in [2.75, 3.05) is 5.32 Å². The molecule has 0 saturated carbocycles. The topological polar surface area (TPSA) is 59.0 Å². The Morgan fingerprint density at radius 3 is 3.10 bits per heavy atom. The van der Waals surface area contributed by atoms with E-state index in [0.29, 0.717) is 29.0 Å². The summed E-state index contributed by atoms with van der Waals surface area (Å²) in [6.45, 7) is 3.50. The van der Waals surface area contributed by atoms with Gasteiger partial charge >= 0.3 is 0 Å². The van der Waals surface area contributed by atoms with Crippen molar-refractivity contribution in [1.29, 1.82) is 0 Å². The predicted octanol–water partition coefficient (Wildman–Crippen LogP) is 2.28. The van der Waals surface area contributed by atoms with E-state index in [0.717, 1.165) is 12.4 Å². The highest BCUT2D eigenvalue weighted by Gasteiger charge is 2.22. The van der Waals surface area contributed by atoms with Gasteiger partial charge in [-0.05, 0) is 19.1 Å². The summed E-state index contributed by atoms with van der Waals surface area (Å²) in [6, 6.07) is 7.50. The summed E-state index contributed by atoms with van der Waals surface area (Å²) < 4.78 is 1.95. The third kappa shape index (κ3) is 2.42. The molecule has 0 unspecified atom stereocenters. The minimum atomic E-state index is -0.189. The highest BCUT2D eigenvalue weighted by molar-refractivity contribution is 6.33. The normalized spacial score (nSPS) is 17.6. The lowest BCUT2D eigenvalue weighted by Gasteiger charge is -2.23. The van der Waals surface area contributed by atoms with E-state index in [2.05, 4.69) is 22.5 Å². The van der Waals surface area contributed by atoms with Gasteiger partial charge in [0.05, 0.1) is 23.5 Å². The zero-order chi connectivity index (χ0) is 14.1. The van der Waals surface area contributed by atoms with Crippen LogP contribution in [0.15, 0.2) is 30.5 Å². The number of hydrogen-bond acceptors (Lipinski definition) is 3. The lowest BCUT2D eigenvalue weighted by molar-refractivity contribution is 0.101. The number of carbonyl (C=O) groups excluding carboxylic acids is 1. The largest absolute Gasteiger partial charge is 0.321 e. The van der Waals surface area contributed by atoms with Gasteiger partial charge in [0.1, 0.15) is 11.5 Å². The van der Waals surface area contributed by atoms with Crippen LogP contribution in [0.3, 0.4) is 0 Å². The standard InChI is InChI=1S/C14H15ClN4O/c1-9-8-19-12(6-17-13(19)7-16-9)14(20)18-11-5-3-2-4-10(11)15/h2-6,9,16H,7-8H2,1H3,(H,18,20)/t9-/m1/s1. The fourth-order valence-electron chi connectivity index (χ4n) is 2.29. The minimum absolute atomic E-state index is 0.189. The van der Waals surface area contributed by atoms with Crippen molar-refractivity contribution in [2.24, 2.45) is 0 Å². The smallest absolute Gasteiger partial charge is 0.273 e. The Labute approximate surface area is 122 Å². The number of carbonyl (C=O) groups is 1. The number of rotatable bonds is 2. The molecular weight excluding hydrogens is 276 g/mol. The molecule has 104 valence electrons. The molecule has 1 atom stereocenters. The zero-order valence-corrected chi connectivity index (χ0v) is 11.8. The average molecular weight is 291 g/mol. The molecule has 0 spiro atoms. The molecule has 0 bridgehead atoms. The predicted molar refractivity (Wildman–Crippen MR) is 77.9 cm³/mol. The summed E-state index contributed by atoms with van der Waals surface area (Å²) in [5.41, 5.74) is 1.17. The van der Waals surface area contributed by atoms with Crippen LogP contribution in [0, 0.1) is 0 Å².